The zero-order chi connectivity index (χ0) is 26.3. The van der Waals surface area contributed by atoms with Gasteiger partial charge in [0.2, 0.25) is 5.91 Å². The highest BCUT2D eigenvalue weighted by atomic mass is 16.4. The lowest BCUT2D eigenvalue weighted by Gasteiger charge is -2.14. The zero-order valence-electron chi connectivity index (χ0n) is 22.7. The zero-order valence-corrected chi connectivity index (χ0v) is 22.7. The summed E-state index contributed by atoms with van der Waals surface area (Å²) in [4.78, 5) is 23.7. The standard InChI is InChI=1S/C31H51NO4/c1-2-3-4-5-6-7-8-9-10-11-12-13-14-15-16-17-18-19-20-21-30(34)32-29(31(35)36)26-27-22-24-28(33)25-23-27/h11-12,22-25,29,33H,2-10,13-21,26H2,1H3,(H,32,34)(H,35,36)/b12-11-/t29-/m0/s1. The van der Waals surface area contributed by atoms with Crippen molar-refractivity contribution in [1.29, 1.82) is 0 Å². The molecule has 1 aromatic carbocycles. The van der Waals surface area contributed by atoms with Crippen molar-refractivity contribution >= 4 is 11.9 Å². The predicted octanol–water partition coefficient (Wildman–Crippen LogP) is 8.10. The Hall–Kier alpha value is -2.30. The van der Waals surface area contributed by atoms with Gasteiger partial charge < -0.3 is 15.5 Å². The molecular formula is C31H51NO4. The van der Waals surface area contributed by atoms with Crippen molar-refractivity contribution in [3.05, 3.63) is 42.0 Å². The van der Waals surface area contributed by atoms with E-state index in [1.165, 1.54) is 102 Å². The van der Waals surface area contributed by atoms with Crippen LogP contribution in [-0.4, -0.2) is 28.1 Å². The smallest absolute Gasteiger partial charge is 0.326 e. The molecule has 5 nitrogen and oxygen atoms in total. The van der Waals surface area contributed by atoms with Gasteiger partial charge in [-0.3, -0.25) is 4.79 Å². The summed E-state index contributed by atoms with van der Waals surface area (Å²) in [5, 5.41) is 21.4. The minimum atomic E-state index is -1.04. The maximum Gasteiger partial charge on any atom is 0.326 e. The van der Waals surface area contributed by atoms with Gasteiger partial charge in [-0.15, -0.1) is 0 Å². The summed E-state index contributed by atoms with van der Waals surface area (Å²) in [5.41, 5.74) is 0.763. The molecule has 1 aromatic rings. The molecule has 5 heteroatoms. The first-order valence-electron chi connectivity index (χ1n) is 14.5. The van der Waals surface area contributed by atoms with Gasteiger partial charge >= 0.3 is 5.97 Å². The van der Waals surface area contributed by atoms with Crippen molar-refractivity contribution in [1.82, 2.24) is 5.32 Å². The molecule has 0 fully saturated rings. The number of aromatic hydroxyl groups is 1. The predicted molar refractivity (Wildman–Crippen MR) is 149 cm³/mol. The fraction of sp³-hybridized carbons (Fsp3) is 0.677. The maximum absolute atomic E-state index is 12.2. The minimum absolute atomic E-state index is 0.135. The van der Waals surface area contributed by atoms with Gasteiger partial charge in [-0.2, -0.15) is 0 Å². The number of benzene rings is 1. The van der Waals surface area contributed by atoms with E-state index in [9.17, 15) is 19.8 Å². The Morgan fingerprint density at radius 2 is 1.22 bits per heavy atom. The van der Waals surface area contributed by atoms with Crippen LogP contribution >= 0.6 is 0 Å². The maximum atomic E-state index is 12.2. The lowest BCUT2D eigenvalue weighted by Crippen LogP contribution is -2.42. The average molecular weight is 502 g/mol. The fourth-order valence-electron chi connectivity index (χ4n) is 4.40. The molecule has 0 unspecified atom stereocenters. The molecule has 0 heterocycles. The van der Waals surface area contributed by atoms with E-state index in [4.69, 9.17) is 0 Å². The van der Waals surface area contributed by atoms with Crippen molar-refractivity contribution in [2.45, 2.75) is 135 Å². The normalized spacial score (nSPS) is 12.1. The van der Waals surface area contributed by atoms with Crippen molar-refractivity contribution in [2.24, 2.45) is 0 Å². The Kier molecular flexibility index (Phi) is 19.3. The molecule has 36 heavy (non-hydrogen) atoms. The Bertz CT molecular complexity index is 714. The first kappa shape index (κ1) is 31.7. The number of carboxylic acid groups (broad SMARTS) is 1. The first-order valence-corrected chi connectivity index (χ1v) is 14.5. The van der Waals surface area contributed by atoms with Gasteiger partial charge in [-0.1, -0.05) is 108 Å². The van der Waals surface area contributed by atoms with Crippen LogP contribution < -0.4 is 5.32 Å². The molecule has 0 aliphatic carbocycles. The SMILES string of the molecule is CCCCCCCCCC/C=C\CCCCCCCCCC(=O)N[C@@H](Cc1ccc(O)cc1)C(=O)O. The van der Waals surface area contributed by atoms with Crippen molar-refractivity contribution in [2.75, 3.05) is 0 Å². The number of carbonyl (C=O) groups is 2. The molecule has 1 atom stereocenters. The molecular weight excluding hydrogens is 450 g/mol. The van der Waals surface area contributed by atoms with E-state index in [0.29, 0.717) is 6.42 Å². The molecule has 0 bridgehead atoms. The van der Waals surface area contributed by atoms with Crippen LogP contribution in [0.3, 0.4) is 0 Å². The van der Waals surface area contributed by atoms with Gasteiger partial charge in [0.1, 0.15) is 11.8 Å². The number of unbranched alkanes of at least 4 members (excludes halogenated alkanes) is 15. The van der Waals surface area contributed by atoms with Gasteiger partial charge in [0.15, 0.2) is 0 Å². The summed E-state index contributed by atoms with van der Waals surface area (Å²) in [6.07, 6.45) is 26.6. The van der Waals surface area contributed by atoms with E-state index < -0.39 is 12.0 Å². The van der Waals surface area contributed by atoms with E-state index in [0.717, 1.165) is 24.8 Å². The lowest BCUT2D eigenvalue weighted by atomic mass is 10.0. The molecule has 0 spiro atoms. The third-order valence-electron chi connectivity index (χ3n) is 6.68. The van der Waals surface area contributed by atoms with Gasteiger partial charge in [-0.25, -0.2) is 4.79 Å². The van der Waals surface area contributed by atoms with Crippen molar-refractivity contribution < 1.29 is 19.8 Å². The number of aliphatic carboxylic acids is 1. The molecule has 0 radical (unpaired) electrons. The Labute approximate surface area is 219 Å². The van der Waals surface area contributed by atoms with Crippen LogP contribution in [0.1, 0.15) is 128 Å². The molecule has 1 amide bonds. The highest BCUT2D eigenvalue weighted by Crippen LogP contribution is 2.13. The third-order valence-corrected chi connectivity index (χ3v) is 6.68. The number of amides is 1. The molecule has 204 valence electrons. The minimum Gasteiger partial charge on any atom is -0.508 e. The quantitative estimate of drug-likeness (QED) is 0.104. The highest BCUT2D eigenvalue weighted by molar-refractivity contribution is 5.83. The number of allylic oxidation sites excluding steroid dienone is 2. The summed E-state index contributed by atoms with van der Waals surface area (Å²) in [7, 11) is 0. The number of carboxylic acids is 1. The number of carbonyl (C=O) groups excluding carboxylic acids is 1. The van der Waals surface area contributed by atoms with E-state index >= 15 is 0 Å². The first-order chi connectivity index (χ1) is 17.5. The van der Waals surface area contributed by atoms with E-state index in [2.05, 4.69) is 24.4 Å². The molecule has 3 N–H and O–H groups in total. The van der Waals surface area contributed by atoms with Gasteiger partial charge in [0.25, 0.3) is 0 Å². The van der Waals surface area contributed by atoms with Crippen molar-refractivity contribution in [3.63, 3.8) is 0 Å². The monoisotopic (exact) mass is 501 g/mol. The topological polar surface area (TPSA) is 86.6 Å². The molecule has 0 aromatic heterocycles. The van der Waals surface area contributed by atoms with Crippen LogP contribution in [-0.2, 0) is 16.0 Å². The molecule has 0 aliphatic rings. The Morgan fingerprint density at radius 3 is 1.72 bits per heavy atom. The summed E-state index contributed by atoms with van der Waals surface area (Å²) in [6, 6.07) is 5.44. The summed E-state index contributed by atoms with van der Waals surface area (Å²) >= 11 is 0. The summed E-state index contributed by atoms with van der Waals surface area (Å²) in [5.74, 6) is -1.12. The lowest BCUT2D eigenvalue weighted by molar-refractivity contribution is -0.141. The van der Waals surface area contributed by atoms with Crippen LogP contribution in [0.2, 0.25) is 0 Å². The van der Waals surface area contributed by atoms with Crippen molar-refractivity contribution in [3.8, 4) is 5.75 Å². The molecule has 0 saturated carbocycles. The Balaban J connectivity index is 1.94. The van der Waals surface area contributed by atoms with Gasteiger partial charge in [-0.05, 0) is 49.8 Å². The number of phenols is 1. The largest absolute Gasteiger partial charge is 0.508 e. The summed E-state index contributed by atoms with van der Waals surface area (Å²) < 4.78 is 0. The van der Waals surface area contributed by atoms with Crippen LogP contribution in [0.5, 0.6) is 5.75 Å². The summed E-state index contributed by atoms with van der Waals surface area (Å²) in [6.45, 7) is 2.27. The second-order valence-corrected chi connectivity index (χ2v) is 10.1. The van der Waals surface area contributed by atoms with Crippen LogP contribution in [0, 0.1) is 0 Å². The van der Waals surface area contributed by atoms with E-state index in [-0.39, 0.29) is 18.1 Å². The molecule has 0 aliphatic heterocycles. The third kappa shape index (κ3) is 18.0. The number of phenolic OH excluding ortho intramolecular Hbond substituents is 1. The van der Waals surface area contributed by atoms with Crippen LogP contribution in [0.25, 0.3) is 0 Å². The van der Waals surface area contributed by atoms with Crippen LogP contribution in [0.4, 0.5) is 0 Å². The number of rotatable bonds is 23. The molecule has 1 rings (SSSR count). The Morgan fingerprint density at radius 1 is 0.750 bits per heavy atom. The van der Waals surface area contributed by atoms with Crippen LogP contribution in [0.15, 0.2) is 36.4 Å². The number of hydrogen-bond donors (Lipinski definition) is 3. The average Bonchev–Trinajstić information content (AvgIpc) is 2.86. The van der Waals surface area contributed by atoms with E-state index in [1.807, 2.05) is 0 Å². The van der Waals surface area contributed by atoms with Gasteiger partial charge in [0, 0.05) is 12.8 Å². The van der Waals surface area contributed by atoms with Gasteiger partial charge in [0.05, 0.1) is 0 Å². The highest BCUT2D eigenvalue weighted by Gasteiger charge is 2.20. The second-order valence-electron chi connectivity index (χ2n) is 10.1. The number of nitrogens with one attached hydrogen (secondary N) is 1. The van der Waals surface area contributed by atoms with E-state index in [1.54, 1.807) is 12.1 Å². The molecule has 0 saturated heterocycles. The fourth-order valence-corrected chi connectivity index (χ4v) is 4.40. The number of hydrogen-bond acceptors (Lipinski definition) is 3. The second kappa shape index (κ2) is 21.9.